The summed E-state index contributed by atoms with van der Waals surface area (Å²) >= 11 is 0. The lowest BCUT2D eigenvalue weighted by molar-refractivity contribution is -0.0174. The molecule has 1 saturated heterocycles. The van der Waals surface area contributed by atoms with Gasteiger partial charge in [-0.2, -0.15) is 0 Å². The summed E-state index contributed by atoms with van der Waals surface area (Å²) in [4.78, 5) is 0. The maximum atomic E-state index is 5.46. The average Bonchev–Trinajstić information content (AvgIpc) is 2.20. The quantitative estimate of drug-likeness (QED) is 0.604. The summed E-state index contributed by atoms with van der Waals surface area (Å²) in [6, 6.07) is 0. The Hall–Kier alpha value is -0.0400. The molecule has 0 atom stereocenters. The molecule has 0 unspecified atom stereocenters. The van der Waals surface area contributed by atoms with Crippen molar-refractivity contribution in [2.24, 2.45) is 11.3 Å². The maximum Gasteiger partial charge on any atom is 0.0471 e. The number of ether oxygens (including phenoxy) is 1. The molecule has 0 aromatic carbocycles. The van der Waals surface area contributed by atoms with E-state index in [0.29, 0.717) is 5.41 Å². The molecule has 13 heavy (non-hydrogen) atoms. The van der Waals surface area contributed by atoms with Crippen molar-refractivity contribution in [3.05, 3.63) is 0 Å². The van der Waals surface area contributed by atoms with Crippen molar-refractivity contribution < 1.29 is 4.74 Å². The Morgan fingerprint density at radius 1 is 1.00 bits per heavy atom. The van der Waals surface area contributed by atoms with Crippen LogP contribution >= 0.6 is 0 Å². The van der Waals surface area contributed by atoms with Gasteiger partial charge in [0.15, 0.2) is 0 Å². The zero-order valence-corrected chi connectivity index (χ0v) is 8.85. The molecule has 1 nitrogen and oxygen atoms in total. The van der Waals surface area contributed by atoms with Crippen LogP contribution in [0.2, 0.25) is 0 Å². The van der Waals surface area contributed by atoms with E-state index in [1.165, 1.54) is 44.9 Å². The Balaban J connectivity index is 1.94. The molecule has 1 aliphatic carbocycles. The lowest BCUT2D eigenvalue weighted by atomic mass is 9.66. The predicted octanol–water partition coefficient (Wildman–Crippen LogP) is 3.38. The molecule has 1 heteroatoms. The topological polar surface area (TPSA) is 9.23 Å². The van der Waals surface area contributed by atoms with Gasteiger partial charge in [-0.15, -0.1) is 0 Å². The van der Waals surface area contributed by atoms with Crippen molar-refractivity contribution in [3.8, 4) is 0 Å². The molecule has 76 valence electrons. The molecule has 0 N–H and O–H groups in total. The molecule has 0 radical (unpaired) electrons. The van der Waals surface area contributed by atoms with Crippen molar-refractivity contribution >= 4 is 0 Å². The molecule has 0 spiro atoms. The summed E-state index contributed by atoms with van der Waals surface area (Å²) in [5, 5.41) is 0. The minimum Gasteiger partial charge on any atom is -0.381 e. The SMILES string of the molecule is CC1(C2CCCCC2)CCOCC1. The second-order valence-electron chi connectivity index (χ2n) is 5.10. The van der Waals surface area contributed by atoms with E-state index < -0.39 is 0 Å². The van der Waals surface area contributed by atoms with Crippen molar-refractivity contribution in [2.45, 2.75) is 51.9 Å². The fourth-order valence-corrected chi connectivity index (χ4v) is 3.05. The molecule has 0 aromatic heterocycles. The van der Waals surface area contributed by atoms with Gasteiger partial charge in [0.2, 0.25) is 0 Å². The molecule has 0 aromatic rings. The molecule has 1 saturated carbocycles. The molecular formula is C12H22O. The first-order valence-electron chi connectivity index (χ1n) is 5.89. The normalized spacial score (nSPS) is 30.2. The van der Waals surface area contributed by atoms with Crippen LogP contribution in [0.25, 0.3) is 0 Å². The third kappa shape index (κ3) is 2.07. The third-order valence-corrected chi connectivity index (χ3v) is 4.23. The Labute approximate surface area is 81.9 Å². The summed E-state index contributed by atoms with van der Waals surface area (Å²) in [6.45, 7) is 4.51. The molecule has 2 fully saturated rings. The Bertz CT molecular complexity index is 153. The van der Waals surface area contributed by atoms with Gasteiger partial charge in [0.25, 0.3) is 0 Å². The number of rotatable bonds is 1. The highest BCUT2D eigenvalue weighted by Gasteiger charge is 2.35. The summed E-state index contributed by atoms with van der Waals surface area (Å²) < 4.78 is 5.46. The molecule has 0 bridgehead atoms. The van der Waals surface area contributed by atoms with E-state index in [1.54, 1.807) is 0 Å². The molecule has 1 heterocycles. The van der Waals surface area contributed by atoms with Gasteiger partial charge in [0.1, 0.15) is 0 Å². The Morgan fingerprint density at radius 2 is 1.62 bits per heavy atom. The first-order chi connectivity index (χ1) is 6.31. The van der Waals surface area contributed by atoms with E-state index in [1.807, 2.05) is 0 Å². The fourth-order valence-electron chi connectivity index (χ4n) is 3.05. The van der Waals surface area contributed by atoms with Crippen molar-refractivity contribution in [1.29, 1.82) is 0 Å². The van der Waals surface area contributed by atoms with Crippen LogP contribution in [0.5, 0.6) is 0 Å². The zero-order valence-electron chi connectivity index (χ0n) is 8.85. The Kier molecular flexibility index (Phi) is 2.92. The van der Waals surface area contributed by atoms with Crippen LogP contribution in [0, 0.1) is 11.3 Å². The standard InChI is InChI=1S/C12H22O/c1-12(7-9-13-10-8-12)11-5-3-2-4-6-11/h11H,2-10H2,1H3. The minimum absolute atomic E-state index is 0.624. The van der Waals surface area contributed by atoms with E-state index in [0.717, 1.165) is 19.1 Å². The van der Waals surface area contributed by atoms with E-state index in [-0.39, 0.29) is 0 Å². The molecular weight excluding hydrogens is 160 g/mol. The fraction of sp³-hybridized carbons (Fsp3) is 1.00. The van der Waals surface area contributed by atoms with Crippen LogP contribution in [0.4, 0.5) is 0 Å². The summed E-state index contributed by atoms with van der Waals surface area (Å²) in [7, 11) is 0. The van der Waals surface area contributed by atoms with Crippen LogP contribution in [-0.4, -0.2) is 13.2 Å². The minimum atomic E-state index is 0.624. The van der Waals surface area contributed by atoms with Crippen molar-refractivity contribution in [3.63, 3.8) is 0 Å². The van der Waals surface area contributed by atoms with Crippen LogP contribution in [0.3, 0.4) is 0 Å². The summed E-state index contributed by atoms with van der Waals surface area (Å²) in [6.07, 6.45) is 9.99. The monoisotopic (exact) mass is 182 g/mol. The van der Waals surface area contributed by atoms with Crippen LogP contribution < -0.4 is 0 Å². The van der Waals surface area contributed by atoms with Crippen LogP contribution in [0.1, 0.15) is 51.9 Å². The van der Waals surface area contributed by atoms with Crippen molar-refractivity contribution in [1.82, 2.24) is 0 Å². The summed E-state index contributed by atoms with van der Waals surface area (Å²) in [5.74, 6) is 1.00. The largest absolute Gasteiger partial charge is 0.381 e. The molecule has 1 aliphatic heterocycles. The van der Waals surface area contributed by atoms with Gasteiger partial charge in [-0.3, -0.25) is 0 Å². The first-order valence-corrected chi connectivity index (χ1v) is 5.89. The van der Waals surface area contributed by atoms with Gasteiger partial charge < -0.3 is 4.74 Å². The first kappa shape index (κ1) is 9.51. The van der Waals surface area contributed by atoms with Gasteiger partial charge in [0.05, 0.1) is 0 Å². The molecule has 0 amide bonds. The average molecular weight is 182 g/mol. The van der Waals surface area contributed by atoms with Crippen LogP contribution in [-0.2, 0) is 4.74 Å². The van der Waals surface area contributed by atoms with Crippen LogP contribution in [0.15, 0.2) is 0 Å². The van der Waals surface area contributed by atoms with Gasteiger partial charge >= 0.3 is 0 Å². The number of hydrogen-bond donors (Lipinski definition) is 0. The predicted molar refractivity (Wildman–Crippen MR) is 54.7 cm³/mol. The van der Waals surface area contributed by atoms with E-state index in [2.05, 4.69) is 6.92 Å². The highest BCUT2D eigenvalue weighted by Crippen LogP contribution is 2.44. The smallest absolute Gasteiger partial charge is 0.0471 e. The number of hydrogen-bond acceptors (Lipinski definition) is 1. The van der Waals surface area contributed by atoms with Crippen molar-refractivity contribution in [2.75, 3.05) is 13.2 Å². The lowest BCUT2D eigenvalue weighted by Crippen LogP contribution is -2.35. The van der Waals surface area contributed by atoms with E-state index in [9.17, 15) is 0 Å². The van der Waals surface area contributed by atoms with E-state index >= 15 is 0 Å². The molecule has 2 rings (SSSR count). The van der Waals surface area contributed by atoms with E-state index in [4.69, 9.17) is 4.74 Å². The Morgan fingerprint density at radius 3 is 2.23 bits per heavy atom. The molecule has 2 aliphatic rings. The highest BCUT2D eigenvalue weighted by atomic mass is 16.5. The second kappa shape index (κ2) is 4.00. The zero-order chi connectivity index (χ0) is 9.15. The van der Waals surface area contributed by atoms with Gasteiger partial charge in [-0.05, 0) is 37.0 Å². The second-order valence-corrected chi connectivity index (χ2v) is 5.10. The third-order valence-electron chi connectivity index (χ3n) is 4.23. The van der Waals surface area contributed by atoms with Gasteiger partial charge in [0, 0.05) is 13.2 Å². The lowest BCUT2D eigenvalue weighted by Gasteiger charge is -2.42. The maximum absolute atomic E-state index is 5.46. The van der Waals surface area contributed by atoms with Gasteiger partial charge in [-0.25, -0.2) is 0 Å². The highest BCUT2D eigenvalue weighted by molar-refractivity contribution is 4.86. The summed E-state index contributed by atoms with van der Waals surface area (Å²) in [5.41, 5.74) is 0.624. The van der Waals surface area contributed by atoms with Gasteiger partial charge in [-0.1, -0.05) is 26.2 Å².